The molecule has 2 aliphatic rings. The standard InChI is InChI=1S/C24H30BrN5OS/c1-16-19(25)21-26-11-14-30(21)22(27-16)29-12-9-24(10-13-29)15-17-7-5-6-8-18(17)20(24)28-32(31)23(2,3)4/h5-8,11,14,20,28H,9-10,12-13,15H2,1-4H3/t20-,32+/m1/s1. The van der Waals surface area contributed by atoms with Crippen LogP contribution in [0.3, 0.4) is 0 Å². The fourth-order valence-electron chi connectivity index (χ4n) is 5.14. The van der Waals surface area contributed by atoms with E-state index in [-0.39, 0.29) is 16.2 Å². The van der Waals surface area contributed by atoms with Gasteiger partial charge >= 0.3 is 0 Å². The van der Waals surface area contributed by atoms with Crippen LogP contribution in [0.15, 0.2) is 41.1 Å². The molecule has 2 aromatic heterocycles. The van der Waals surface area contributed by atoms with Gasteiger partial charge in [0.1, 0.15) is 4.75 Å². The molecule has 5 rings (SSSR count). The molecule has 3 heterocycles. The van der Waals surface area contributed by atoms with E-state index in [1.807, 2.05) is 40.1 Å². The van der Waals surface area contributed by atoms with Crippen LogP contribution in [-0.2, 0) is 17.8 Å². The summed E-state index contributed by atoms with van der Waals surface area (Å²) in [6.45, 7) is 9.94. The first-order valence-electron chi connectivity index (χ1n) is 11.2. The Balaban J connectivity index is 1.44. The van der Waals surface area contributed by atoms with Crippen LogP contribution in [0.25, 0.3) is 5.65 Å². The van der Waals surface area contributed by atoms with E-state index in [9.17, 15) is 4.55 Å². The Kier molecular flexibility index (Phi) is 5.55. The van der Waals surface area contributed by atoms with Crippen molar-refractivity contribution in [1.29, 1.82) is 0 Å². The lowest BCUT2D eigenvalue weighted by atomic mass is 9.73. The fourth-order valence-corrected chi connectivity index (χ4v) is 6.47. The molecule has 2 atom stereocenters. The molecule has 0 amide bonds. The molecule has 1 aromatic carbocycles. The van der Waals surface area contributed by atoms with Crippen molar-refractivity contribution < 1.29 is 4.55 Å². The smallest absolute Gasteiger partial charge is 0.211 e. The Hall–Kier alpha value is -1.61. The lowest BCUT2D eigenvalue weighted by Gasteiger charge is -2.44. The van der Waals surface area contributed by atoms with Crippen LogP contribution in [0.4, 0.5) is 5.95 Å². The summed E-state index contributed by atoms with van der Waals surface area (Å²) in [6.07, 6.45) is 6.88. The van der Waals surface area contributed by atoms with Crippen LogP contribution in [0, 0.1) is 12.3 Å². The van der Waals surface area contributed by atoms with Gasteiger partial charge in [0.2, 0.25) is 5.95 Å². The van der Waals surface area contributed by atoms with Crippen molar-refractivity contribution in [2.75, 3.05) is 18.0 Å². The minimum atomic E-state index is -1.12. The zero-order valence-electron chi connectivity index (χ0n) is 19.1. The van der Waals surface area contributed by atoms with Crippen molar-refractivity contribution in [3.8, 4) is 0 Å². The summed E-state index contributed by atoms with van der Waals surface area (Å²) in [5.41, 5.74) is 4.63. The highest BCUT2D eigenvalue weighted by atomic mass is 79.9. The summed E-state index contributed by atoms with van der Waals surface area (Å²) in [7, 11) is 0. The Morgan fingerprint density at radius 2 is 1.94 bits per heavy atom. The minimum absolute atomic E-state index is 0.0690. The summed E-state index contributed by atoms with van der Waals surface area (Å²) in [5.74, 6) is 0.950. The van der Waals surface area contributed by atoms with Gasteiger partial charge in [-0.25, -0.2) is 9.97 Å². The maximum Gasteiger partial charge on any atom is 0.211 e. The number of rotatable bonds is 3. The van der Waals surface area contributed by atoms with Crippen molar-refractivity contribution in [2.24, 2.45) is 5.41 Å². The Labute approximate surface area is 201 Å². The topological polar surface area (TPSA) is 68.5 Å². The lowest BCUT2D eigenvalue weighted by Crippen LogP contribution is -2.50. The molecule has 3 aromatic rings. The van der Waals surface area contributed by atoms with E-state index in [0.29, 0.717) is 0 Å². The molecule has 1 saturated heterocycles. The van der Waals surface area contributed by atoms with Gasteiger partial charge in [-0.2, -0.15) is 0 Å². The zero-order valence-corrected chi connectivity index (χ0v) is 21.5. The van der Waals surface area contributed by atoms with E-state index in [1.54, 1.807) is 0 Å². The number of imidazole rings is 1. The number of benzene rings is 1. The van der Waals surface area contributed by atoms with Gasteiger partial charge in [0.15, 0.2) is 5.65 Å². The van der Waals surface area contributed by atoms with Gasteiger partial charge in [-0.3, -0.25) is 4.40 Å². The van der Waals surface area contributed by atoms with Gasteiger partial charge < -0.3 is 9.45 Å². The molecule has 6 nitrogen and oxygen atoms in total. The van der Waals surface area contributed by atoms with E-state index < -0.39 is 11.4 Å². The van der Waals surface area contributed by atoms with E-state index >= 15 is 0 Å². The van der Waals surface area contributed by atoms with Gasteiger partial charge in [-0.1, -0.05) is 24.3 Å². The molecule has 0 radical (unpaired) electrons. The summed E-state index contributed by atoms with van der Waals surface area (Å²) in [5, 5.41) is 0. The first-order valence-corrected chi connectivity index (χ1v) is 13.1. The monoisotopic (exact) mass is 515 g/mol. The van der Waals surface area contributed by atoms with E-state index in [1.165, 1.54) is 11.1 Å². The van der Waals surface area contributed by atoms with Gasteiger partial charge in [0.05, 0.1) is 16.2 Å². The highest BCUT2D eigenvalue weighted by Gasteiger charge is 2.50. The number of piperidine rings is 1. The molecule has 1 spiro atoms. The first kappa shape index (κ1) is 22.2. The normalized spacial score (nSPS) is 21.3. The van der Waals surface area contributed by atoms with Crippen molar-refractivity contribution in [3.05, 3.63) is 58.0 Å². The summed E-state index contributed by atoms with van der Waals surface area (Å²) in [4.78, 5) is 11.8. The number of hydrogen-bond donors (Lipinski definition) is 1. The maximum absolute atomic E-state index is 13.1. The molecular weight excluding hydrogens is 486 g/mol. The molecule has 1 N–H and O–H groups in total. The third-order valence-electron chi connectivity index (χ3n) is 6.98. The van der Waals surface area contributed by atoms with Crippen molar-refractivity contribution in [2.45, 2.75) is 57.7 Å². The second-order valence-corrected chi connectivity index (χ2v) is 12.9. The van der Waals surface area contributed by atoms with E-state index in [4.69, 9.17) is 4.98 Å². The van der Waals surface area contributed by atoms with Crippen LogP contribution >= 0.6 is 15.9 Å². The molecule has 0 bridgehead atoms. The number of aryl methyl sites for hydroxylation is 1. The quantitative estimate of drug-likeness (QED) is 0.510. The van der Waals surface area contributed by atoms with Gasteiger partial charge in [0.25, 0.3) is 0 Å². The van der Waals surface area contributed by atoms with Crippen LogP contribution in [0.2, 0.25) is 0 Å². The predicted octanol–water partition coefficient (Wildman–Crippen LogP) is 4.74. The Morgan fingerprint density at radius 1 is 1.22 bits per heavy atom. The molecule has 0 unspecified atom stereocenters. The average molecular weight is 517 g/mol. The van der Waals surface area contributed by atoms with E-state index in [0.717, 1.165) is 54.1 Å². The Morgan fingerprint density at radius 3 is 2.66 bits per heavy atom. The molecule has 170 valence electrons. The zero-order chi connectivity index (χ0) is 22.7. The summed E-state index contributed by atoms with van der Waals surface area (Å²) in [6, 6.07) is 8.78. The van der Waals surface area contributed by atoms with Gasteiger partial charge in [-0.05, 0) is 74.0 Å². The highest BCUT2D eigenvalue weighted by molar-refractivity contribution is 9.10. The van der Waals surface area contributed by atoms with Crippen LogP contribution < -0.4 is 9.62 Å². The lowest BCUT2D eigenvalue weighted by molar-refractivity contribution is 0.175. The second kappa shape index (κ2) is 8.01. The number of nitrogens with zero attached hydrogens (tertiary/aromatic N) is 4. The second-order valence-electron chi connectivity index (χ2n) is 10.1. The highest BCUT2D eigenvalue weighted by Crippen LogP contribution is 2.52. The molecule has 32 heavy (non-hydrogen) atoms. The van der Waals surface area contributed by atoms with Gasteiger partial charge in [-0.15, -0.1) is 4.72 Å². The maximum atomic E-state index is 13.1. The Bertz CT molecular complexity index is 1150. The first-order chi connectivity index (χ1) is 15.2. The van der Waals surface area contributed by atoms with Crippen molar-refractivity contribution in [1.82, 2.24) is 19.1 Å². The van der Waals surface area contributed by atoms with Crippen LogP contribution in [0.5, 0.6) is 0 Å². The third-order valence-corrected chi connectivity index (χ3v) is 9.47. The summed E-state index contributed by atoms with van der Waals surface area (Å²) < 4.78 is 19.4. The largest absolute Gasteiger partial charge is 0.598 e. The minimum Gasteiger partial charge on any atom is -0.598 e. The molecular formula is C24H30BrN5OS. The fraction of sp³-hybridized carbons (Fsp3) is 0.500. The summed E-state index contributed by atoms with van der Waals surface area (Å²) >= 11 is 2.51. The van der Waals surface area contributed by atoms with E-state index in [2.05, 4.69) is 59.2 Å². The molecule has 8 heteroatoms. The number of halogens is 1. The molecule has 0 saturated carbocycles. The van der Waals surface area contributed by atoms with Crippen LogP contribution in [-0.4, -0.2) is 36.8 Å². The molecule has 1 aliphatic heterocycles. The number of nitrogens with one attached hydrogen (secondary N) is 1. The number of hydrogen-bond acceptors (Lipinski definition) is 5. The third kappa shape index (κ3) is 3.65. The number of fused-ring (bicyclic) bond motifs is 2. The molecule has 1 fully saturated rings. The molecule has 1 aliphatic carbocycles. The SMILES string of the molecule is Cc1nc(N2CCC3(CC2)Cc2ccccc2[C@H]3N[S@@+]([O-])C(C)(C)C)n2ccnc2c1Br. The van der Waals surface area contributed by atoms with Crippen LogP contribution in [0.1, 0.15) is 56.5 Å². The van der Waals surface area contributed by atoms with Gasteiger partial charge in [0, 0.05) is 42.3 Å². The number of aromatic nitrogens is 3. The van der Waals surface area contributed by atoms with Crippen molar-refractivity contribution >= 4 is 38.9 Å². The van der Waals surface area contributed by atoms with Crippen molar-refractivity contribution in [3.63, 3.8) is 0 Å². The number of anilines is 1. The predicted molar refractivity (Wildman–Crippen MR) is 133 cm³/mol. The average Bonchev–Trinajstić information content (AvgIpc) is 3.35.